The number of nitriles is 1. The van der Waals surface area contributed by atoms with Crippen LogP contribution >= 0.6 is 0 Å². The van der Waals surface area contributed by atoms with E-state index in [2.05, 4.69) is 15.6 Å². The lowest BCUT2D eigenvalue weighted by atomic mass is 9.89. The average Bonchev–Trinajstić information content (AvgIpc) is 3.38. The number of benzene rings is 1. The van der Waals surface area contributed by atoms with Gasteiger partial charge in [0, 0.05) is 49.1 Å². The zero-order valence-electron chi connectivity index (χ0n) is 15.3. The van der Waals surface area contributed by atoms with Gasteiger partial charge in [-0.1, -0.05) is 0 Å². The summed E-state index contributed by atoms with van der Waals surface area (Å²) in [6.07, 6.45) is 6.59. The van der Waals surface area contributed by atoms with E-state index in [0.29, 0.717) is 23.6 Å². The molecule has 6 heteroatoms. The molecule has 1 amide bonds. The molecule has 0 unspecified atom stereocenters. The van der Waals surface area contributed by atoms with Crippen LogP contribution in [0.1, 0.15) is 34.1 Å². The van der Waals surface area contributed by atoms with Gasteiger partial charge in [-0.15, -0.1) is 0 Å². The smallest absolute Gasteiger partial charge is 0.253 e. The Bertz CT molecular complexity index is 1060. The standard InChI is InChI=1S/C22H19N5O/c23-11-15-1-3-17(4-2-15)22(28)26-13-18-7-10-27-20(16-5-8-24-9-6-16)12-25-21(27)19(18)14-26/h1-6,8-9,12,18-19H,7,10,13-14H2/t18-,19+/m0/s1. The number of amides is 1. The van der Waals surface area contributed by atoms with Crippen LogP contribution < -0.4 is 0 Å². The highest BCUT2D eigenvalue weighted by molar-refractivity contribution is 5.94. The molecule has 1 aromatic carbocycles. The Labute approximate surface area is 163 Å². The molecule has 0 saturated carbocycles. The first kappa shape index (κ1) is 16.7. The maximum atomic E-state index is 12.9. The molecule has 4 heterocycles. The van der Waals surface area contributed by atoms with Crippen LogP contribution in [0, 0.1) is 17.2 Å². The molecule has 6 nitrogen and oxygen atoms in total. The second-order valence-electron chi connectivity index (χ2n) is 7.44. The Morgan fingerprint density at radius 2 is 1.89 bits per heavy atom. The third kappa shape index (κ3) is 2.67. The Kier molecular flexibility index (Phi) is 3.94. The van der Waals surface area contributed by atoms with Crippen molar-refractivity contribution in [1.82, 2.24) is 19.4 Å². The van der Waals surface area contributed by atoms with E-state index in [1.165, 1.54) is 0 Å². The number of nitrogens with zero attached hydrogens (tertiary/aromatic N) is 5. The fourth-order valence-electron chi connectivity index (χ4n) is 4.46. The molecular weight excluding hydrogens is 350 g/mol. The zero-order chi connectivity index (χ0) is 19.1. The largest absolute Gasteiger partial charge is 0.338 e. The Hall–Kier alpha value is -3.46. The maximum Gasteiger partial charge on any atom is 0.253 e. The van der Waals surface area contributed by atoms with Crippen LogP contribution in [-0.4, -0.2) is 38.4 Å². The lowest BCUT2D eigenvalue weighted by Gasteiger charge is -2.26. The summed E-state index contributed by atoms with van der Waals surface area (Å²) < 4.78 is 2.30. The van der Waals surface area contributed by atoms with E-state index in [0.717, 1.165) is 36.6 Å². The monoisotopic (exact) mass is 369 g/mol. The van der Waals surface area contributed by atoms with Crippen molar-refractivity contribution in [1.29, 1.82) is 5.26 Å². The normalized spacial score (nSPS) is 20.3. The van der Waals surface area contributed by atoms with E-state index in [1.54, 1.807) is 36.7 Å². The number of rotatable bonds is 2. The van der Waals surface area contributed by atoms with Crippen LogP contribution in [0.2, 0.25) is 0 Å². The van der Waals surface area contributed by atoms with E-state index in [1.807, 2.05) is 23.2 Å². The van der Waals surface area contributed by atoms with Crippen LogP contribution in [-0.2, 0) is 6.54 Å². The summed E-state index contributed by atoms with van der Waals surface area (Å²) in [7, 11) is 0. The molecule has 0 N–H and O–H groups in total. The highest BCUT2D eigenvalue weighted by atomic mass is 16.2. The Balaban J connectivity index is 1.40. The van der Waals surface area contributed by atoms with E-state index in [4.69, 9.17) is 10.2 Å². The SMILES string of the molecule is N#Cc1ccc(C(=O)N2C[C@@H]3CCn4c(-c5ccncc5)cnc4[C@@H]3C2)cc1. The molecule has 2 aliphatic rings. The molecule has 1 saturated heterocycles. The first-order chi connectivity index (χ1) is 13.7. The fourth-order valence-corrected chi connectivity index (χ4v) is 4.46. The number of carbonyl (C=O) groups excluding carboxylic acids is 1. The average molecular weight is 369 g/mol. The van der Waals surface area contributed by atoms with Crippen LogP contribution in [0.5, 0.6) is 0 Å². The van der Waals surface area contributed by atoms with E-state index in [9.17, 15) is 4.79 Å². The number of carbonyl (C=O) groups is 1. The van der Waals surface area contributed by atoms with Gasteiger partial charge in [-0.05, 0) is 48.7 Å². The van der Waals surface area contributed by atoms with Gasteiger partial charge >= 0.3 is 0 Å². The quantitative estimate of drug-likeness (QED) is 0.696. The second kappa shape index (κ2) is 6.61. The van der Waals surface area contributed by atoms with Crippen molar-refractivity contribution in [2.24, 2.45) is 5.92 Å². The summed E-state index contributed by atoms with van der Waals surface area (Å²) in [6.45, 7) is 2.38. The second-order valence-corrected chi connectivity index (χ2v) is 7.44. The lowest BCUT2D eigenvalue weighted by Crippen LogP contribution is -2.28. The maximum absolute atomic E-state index is 12.9. The highest BCUT2D eigenvalue weighted by Crippen LogP contribution is 2.40. The number of hydrogen-bond donors (Lipinski definition) is 0. The molecule has 0 bridgehead atoms. The van der Waals surface area contributed by atoms with Gasteiger partial charge < -0.3 is 9.47 Å². The van der Waals surface area contributed by atoms with Crippen molar-refractivity contribution in [2.45, 2.75) is 18.9 Å². The van der Waals surface area contributed by atoms with Gasteiger partial charge in [-0.25, -0.2) is 4.98 Å². The minimum atomic E-state index is 0.0337. The molecule has 28 heavy (non-hydrogen) atoms. The molecule has 3 aromatic rings. The molecule has 5 rings (SSSR count). The number of pyridine rings is 1. The fraction of sp³-hybridized carbons (Fsp3) is 0.273. The van der Waals surface area contributed by atoms with Gasteiger partial charge in [0.1, 0.15) is 5.82 Å². The van der Waals surface area contributed by atoms with Crippen molar-refractivity contribution in [3.8, 4) is 17.3 Å². The number of likely N-dealkylation sites (tertiary alicyclic amines) is 1. The number of fused-ring (bicyclic) bond motifs is 3. The summed E-state index contributed by atoms with van der Waals surface area (Å²) in [5.41, 5.74) is 3.44. The number of hydrogen-bond acceptors (Lipinski definition) is 4. The third-order valence-corrected chi connectivity index (χ3v) is 5.91. The predicted octanol–water partition coefficient (Wildman–Crippen LogP) is 3.08. The predicted molar refractivity (Wildman–Crippen MR) is 103 cm³/mol. The molecule has 0 aliphatic carbocycles. The molecule has 0 spiro atoms. The van der Waals surface area contributed by atoms with Crippen molar-refractivity contribution in [2.75, 3.05) is 13.1 Å². The van der Waals surface area contributed by atoms with Crippen LogP contribution in [0.25, 0.3) is 11.3 Å². The molecule has 2 aliphatic heterocycles. The minimum Gasteiger partial charge on any atom is -0.338 e. The zero-order valence-corrected chi connectivity index (χ0v) is 15.3. The van der Waals surface area contributed by atoms with E-state index in [-0.39, 0.29) is 11.8 Å². The molecule has 1 fully saturated rings. The summed E-state index contributed by atoms with van der Waals surface area (Å²) in [5.74, 6) is 1.83. The summed E-state index contributed by atoms with van der Waals surface area (Å²) in [4.78, 5) is 23.7. The van der Waals surface area contributed by atoms with Crippen LogP contribution in [0.3, 0.4) is 0 Å². The summed E-state index contributed by atoms with van der Waals surface area (Å²) >= 11 is 0. The summed E-state index contributed by atoms with van der Waals surface area (Å²) in [6, 6.07) is 13.0. The van der Waals surface area contributed by atoms with Gasteiger partial charge in [0.2, 0.25) is 0 Å². The molecule has 0 radical (unpaired) electrons. The van der Waals surface area contributed by atoms with Crippen molar-refractivity contribution >= 4 is 5.91 Å². The highest BCUT2D eigenvalue weighted by Gasteiger charge is 2.41. The topological polar surface area (TPSA) is 74.8 Å². The number of aromatic nitrogens is 3. The lowest BCUT2D eigenvalue weighted by molar-refractivity contribution is 0.0786. The molecule has 2 aromatic heterocycles. The van der Waals surface area contributed by atoms with Crippen molar-refractivity contribution < 1.29 is 4.79 Å². The first-order valence-electron chi connectivity index (χ1n) is 9.50. The van der Waals surface area contributed by atoms with Gasteiger partial charge in [0.15, 0.2) is 0 Å². The van der Waals surface area contributed by atoms with Crippen molar-refractivity contribution in [3.63, 3.8) is 0 Å². The van der Waals surface area contributed by atoms with Crippen LogP contribution in [0.15, 0.2) is 55.0 Å². The molecule has 138 valence electrons. The van der Waals surface area contributed by atoms with Crippen LogP contribution in [0.4, 0.5) is 0 Å². The third-order valence-electron chi connectivity index (χ3n) is 5.91. The van der Waals surface area contributed by atoms with Gasteiger partial charge in [0.05, 0.1) is 23.5 Å². The Morgan fingerprint density at radius 1 is 1.11 bits per heavy atom. The first-order valence-corrected chi connectivity index (χ1v) is 9.50. The van der Waals surface area contributed by atoms with E-state index < -0.39 is 0 Å². The van der Waals surface area contributed by atoms with Gasteiger partial charge in [0.25, 0.3) is 5.91 Å². The van der Waals surface area contributed by atoms with Crippen molar-refractivity contribution in [3.05, 3.63) is 71.9 Å². The summed E-state index contributed by atoms with van der Waals surface area (Å²) in [5, 5.41) is 8.94. The van der Waals surface area contributed by atoms with Gasteiger partial charge in [-0.3, -0.25) is 9.78 Å². The minimum absolute atomic E-state index is 0.0337. The number of imidazole rings is 1. The van der Waals surface area contributed by atoms with E-state index >= 15 is 0 Å². The van der Waals surface area contributed by atoms with Gasteiger partial charge in [-0.2, -0.15) is 5.26 Å². The molecule has 2 atom stereocenters. The Morgan fingerprint density at radius 3 is 2.64 bits per heavy atom. The molecular formula is C22H19N5O.